The predicted molar refractivity (Wildman–Crippen MR) is 168 cm³/mol. The lowest BCUT2D eigenvalue weighted by atomic mass is 9.82. The van der Waals surface area contributed by atoms with Crippen LogP contribution in [0.3, 0.4) is 0 Å². The molecular formula is C34H27BNO2S. The highest BCUT2D eigenvalue weighted by atomic mass is 32.1. The third kappa shape index (κ3) is 3.18. The molecule has 0 saturated carbocycles. The maximum atomic E-state index is 10.5. The van der Waals surface area contributed by atoms with Crippen molar-refractivity contribution in [1.29, 1.82) is 0 Å². The van der Waals surface area contributed by atoms with E-state index in [9.17, 15) is 5.11 Å². The highest BCUT2D eigenvalue weighted by molar-refractivity contribution is 7.26. The van der Waals surface area contributed by atoms with Crippen LogP contribution >= 0.6 is 11.3 Å². The number of benzene rings is 5. The molecule has 3 heterocycles. The maximum Gasteiger partial charge on any atom is 0.330 e. The van der Waals surface area contributed by atoms with Crippen molar-refractivity contribution in [2.24, 2.45) is 0 Å². The highest BCUT2D eigenvalue weighted by Crippen LogP contribution is 2.43. The topological polar surface area (TPSA) is 33.9 Å². The van der Waals surface area contributed by atoms with Gasteiger partial charge in [-0.05, 0) is 68.8 Å². The number of thiophene rings is 1. The molecule has 1 N–H and O–H groups in total. The molecule has 0 unspecified atom stereocenters. The second-order valence-corrected chi connectivity index (χ2v) is 12.8. The van der Waals surface area contributed by atoms with E-state index in [1.807, 2.05) is 25.2 Å². The van der Waals surface area contributed by atoms with Crippen molar-refractivity contribution < 1.29 is 9.76 Å². The molecule has 0 aliphatic carbocycles. The number of nitrogens with zero attached hydrogens (tertiary/aromatic N) is 1. The number of aliphatic hydroxyl groups is 1. The first-order chi connectivity index (χ1) is 18.7. The zero-order chi connectivity index (χ0) is 26.7. The van der Waals surface area contributed by atoms with Crippen LogP contribution < -0.4 is 5.46 Å². The van der Waals surface area contributed by atoms with Crippen molar-refractivity contribution >= 4 is 93.3 Å². The molecule has 8 aromatic rings. The van der Waals surface area contributed by atoms with E-state index < -0.39 is 11.2 Å². The van der Waals surface area contributed by atoms with Gasteiger partial charge in [-0.1, -0.05) is 60.1 Å². The Morgan fingerprint density at radius 2 is 1.44 bits per heavy atom. The van der Waals surface area contributed by atoms with Crippen LogP contribution in [0.15, 0.2) is 84.9 Å². The normalized spacial score (nSPS) is 13.4. The van der Waals surface area contributed by atoms with Gasteiger partial charge in [0.15, 0.2) is 0 Å². The molecule has 0 atom stereocenters. The van der Waals surface area contributed by atoms with Gasteiger partial charge in [-0.2, -0.15) is 0 Å². The van der Waals surface area contributed by atoms with E-state index in [-0.39, 0.29) is 0 Å². The van der Waals surface area contributed by atoms with Crippen LogP contribution in [0.4, 0.5) is 0 Å². The largest absolute Gasteiger partial charge is 0.427 e. The van der Waals surface area contributed by atoms with Gasteiger partial charge in [0.2, 0.25) is 0 Å². The number of hydrogen-bond acceptors (Lipinski definition) is 3. The van der Waals surface area contributed by atoms with Crippen molar-refractivity contribution in [3.8, 4) is 0 Å². The van der Waals surface area contributed by atoms with E-state index in [4.69, 9.17) is 4.65 Å². The van der Waals surface area contributed by atoms with Crippen LogP contribution in [0, 0.1) is 0 Å². The third-order valence-corrected chi connectivity index (χ3v) is 9.92. The smallest absolute Gasteiger partial charge is 0.330 e. The molecule has 0 aliphatic rings. The highest BCUT2D eigenvalue weighted by Gasteiger charge is 2.35. The van der Waals surface area contributed by atoms with Gasteiger partial charge in [0.05, 0.1) is 27.8 Å². The summed E-state index contributed by atoms with van der Waals surface area (Å²) < 4.78 is 11.1. The van der Waals surface area contributed by atoms with Gasteiger partial charge in [0.1, 0.15) is 0 Å². The molecular weight excluding hydrogens is 497 g/mol. The summed E-state index contributed by atoms with van der Waals surface area (Å²) in [5.41, 5.74) is 3.11. The summed E-state index contributed by atoms with van der Waals surface area (Å²) in [6.45, 7) is 7.38. The minimum absolute atomic E-state index is 0.716. The van der Waals surface area contributed by atoms with Gasteiger partial charge < -0.3 is 14.2 Å². The Kier molecular flexibility index (Phi) is 4.61. The lowest BCUT2D eigenvalue weighted by molar-refractivity contribution is -0.0893. The monoisotopic (exact) mass is 524 g/mol. The SMILES string of the molecule is CC(C)(O)C(C)(C)O[B]c1ccc2sc3ccc4cc5c6cccc7c8ccccc8n(c5cc4c3c2c1)c76. The quantitative estimate of drug-likeness (QED) is 0.236. The summed E-state index contributed by atoms with van der Waals surface area (Å²) in [6, 6.07) is 31.2. The summed E-state index contributed by atoms with van der Waals surface area (Å²) in [5, 5.41) is 20.8. The van der Waals surface area contributed by atoms with Crippen LogP contribution in [-0.4, -0.2) is 28.2 Å². The molecule has 0 saturated heterocycles. The van der Waals surface area contributed by atoms with Crippen LogP contribution in [-0.2, 0) is 4.65 Å². The summed E-state index contributed by atoms with van der Waals surface area (Å²) >= 11 is 1.83. The Morgan fingerprint density at radius 1 is 0.692 bits per heavy atom. The molecule has 8 rings (SSSR count). The lowest BCUT2D eigenvalue weighted by Crippen LogP contribution is -2.49. The predicted octanol–water partition coefficient (Wildman–Crippen LogP) is 8.17. The summed E-state index contributed by atoms with van der Waals surface area (Å²) in [7, 11) is 1.78. The zero-order valence-electron chi connectivity index (χ0n) is 22.4. The van der Waals surface area contributed by atoms with Crippen molar-refractivity contribution in [3.63, 3.8) is 0 Å². The van der Waals surface area contributed by atoms with Crippen molar-refractivity contribution in [3.05, 3.63) is 84.9 Å². The standard InChI is InChI=1S/C34H27BNO2S/c1-33(2,37)34(3,4)38-35-20-13-15-29-26(17-20)31-24-18-28-25(16-19(24)12-14-30(31)39-29)23-10-7-9-22-21-8-5-6-11-27(21)36(28)32(22)23/h5-18,37H,1-4H3. The average molecular weight is 524 g/mol. The van der Waals surface area contributed by atoms with Gasteiger partial charge in [-0.25, -0.2) is 0 Å². The summed E-state index contributed by atoms with van der Waals surface area (Å²) in [4.78, 5) is 0. The molecule has 5 aromatic carbocycles. The van der Waals surface area contributed by atoms with Gasteiger partial charge in [-0.15, -0.1) is 11.3 Å². The number of rotatable bonds is 4. The van der Waals surface area contributed by atoms with Gasteiger partial charge >= 0.3 is 7.48 Å². The van der Waals surface area contributed by atoms with E-state index in [1.165, 1.54) is 69.0 Å². The fourth-order valence-corrected chi connectivity index (χ4v) is 7.08. The first-order valence-electron chi connectivity index (χ1n) is 13.4. The molecule has 0 aliphatic heterocycles. The van der Waals surface area contributed by atoms with E-state index in [0.29, 0.717) is 0 Å². The van der Waals surface area contributed by atoms with E-state index in [2.05, 4.69) is 89.3 Å². The van der Waals surface area contributed by atoms with Gasteiger partial charge in [-0.3, -0.25) is 0 Å². The zero-order valence-corrected chi connectivity index (χ0v) is 23.2. The molecule has 5 heteroatoms. The second kappa shape index (κ2) is 7.73. The maximum absolute atomic E-state index is 10.5. The van der Waals surface area contributed by atoms with Gasteiger partial charge in [0.25, 0.3) is 0 Å². The Morgan fingerprint density at radius 3 is 2.26 bits per heavy atom. The van der Waals surface area contributed by atoms with Gasteiger partial charge in [0, 0.05) is 41.7 Å². The van der Waals surface area contributed by atoms with E-state index in [0.717, 1.165) is 5.46 Å². The number of hydrogen-bond donors (Lipinski definition) is 1. The fourth-order valence-electron chi connectivity index (χ4n) is 5.97. The van der Waals surface area contributed by atoms with Crippen molar-refractivity contribution in [2.45, 2.75) is 38.9 Å². The Labute approximate surface area is 230 Å². The number of fused-ring (bicyclic) bond motifs is 11. The molecule has 189 valence electrons. The summed E-state index contributed by atoms with van der Waals surface area (Å²) in [5.74, 6) is 0. The van der Waals surface area contributed by atoms with E-state index >= 15 is 0 Å². The van der Waals surface area contributed by atoms with E-state index in [1.54, 1.807) is 21.3 Å². The summed E-state index contributed by atoms with van der Waals surface area (Å²) in [6.07, 6.45) is 0. The molecule has 0 amide bonds. The lowest BCUT2D eigenvalue weighted by Gasteiger charge is -2.37. The fraction of sp³-hybridized carbons (Fsp3) is 0.176. The van der Waals surface area contributed by atoms with Crippen LogP contribution in [0.1, 0.15) is 27.7 Å². The molecule has 0 fully saturated rings. The molecule has 3 nitrogen and oxygen atoms in total. The first kappa shape index (κ1) is 23.3. The minimum Gasteiger partial charge on any atom is -0.427 e. The van der Waals surface area contributed by atoms with Crippen LogP contribution in [0.2, 0.25) is 0 Å². The molecule has 3 aromatic heterocycles. The second-order valence-electron chi connectivity index (χ2n) is 11.7. The van der Waals surface area contributed by atoms with Crippen LogP contribution in [0.5, 0.6) is 0 Å². The molecule has 1 radical (unpaired) electrons. The Hall–Kier alpha value is -3.64. The van der Waals surface area contributed by atoms with Crippen molar-refractivity contribution in [1.82, 2.24) is 4.40 Å². The van der Waals surface area contributed by atoms with Crippen LogP contribution in [0.25, 0.3) is 69.0 Å². The average Bonchev–Trinajstić information content (AvgIpc) is 3.56. The molecule has 39 heavy (non-hydrogen) atoms. The van der Waals surface area contributed by atoms with Crippen molar-refractivity contribution in [2.75, 3.05) is 0 Å². The Bertz CT molecular complexity index is 2250. The minimum atomic E-state index is -0.967. The third-order valence-electron chi connectivity index (χ3n) is 8.78. The number of aromatic nitrogens is 1. The first-order valence-corrected chi connectivity index (χ1v) is 14.2. The molecule has 0 bridgehead atoms. The Balaban J connectivity index is 1.40. The molecule has 0 spiro atoms. The number of para-hydroxylation sites is 2.